The summed E-state index contributed by atoms with van der Waals surface area (Å²) in [6, 6.07) is 20.1. The van der Waals surface area contributed by atoms with Crippen LogP contribution < -0.4 is 14.8 Å². The van der Waals surface area contributed by atoms with Crippen LogP contribution in [0.4, 0.5) is 5.69 Å². The SMILES string of the molecule is COc1ccc(NC(=O)/C(C#N)=C\c2cccn2-c2ccc(OC)cc2)cc1. The highest BCUT2D eigenvalue weighted by Crippen LogP contribution is 2.20. The van der Waals surface area contributed by atoms with Gasteiger partial charge in [0.05, 0.1) is 14.2 Å². The van der Waals surface area contributed by atoms with Gasteiger partial charge in [-0.15, -0.1) is 0 Å². The van der Waals surface area contributed by atoms with Crippen molar-refractivity contribution in [3.63, 3.8) is 0 Å². The number of hydrogen-bond acceptors (Lipinski definition) is 4. The summed E-state index contributed by atoms with van der Waals surface area (Å²) in [5.41, 5.74) is 2.19. The van der Waals surface area contributed by atoms with Crippen molar-refractivity contribution in [3.8, 4) is 23.3 Å². The predicted octanol–water partition coefficient (Wildman–Crippen LogP) is 4.04. The van der Waals surface area contributed by atoms with Gasteiger partial charge in [0.15, 0.2) is 0 Å². The molecule has 0 atom stereocenters. The Morgan fingerprint density at radius 2 is 1.61 bits per heavy atom. The van der Waals surface area contributed by atoms with Gasteiger partial charge in [-0.1, -0.05) is 0 Å². The van der Waals surface area contributed by atoms with Gasteiger partial charge in [-0.05, 0) is 66.7 Å². The molecular weight excluding hydrogens is 354 g/mol. The van der Waals surface area contributed by atoms with Gasteiger partial charge in [-0.25, -0.2) is 0 Å². The van der Waals surface area contributed by atoms with Crippen molar-refractivity contribution in [1.29, 1.82) is 5.26 Å². The van der Waals surface area contributed by atoms with E-state index in [1.54, 1.807) is 44.6 Å². The van der Waals surface area contributed by atoms with Crippen LogP contribution in [0.2, 0.25) is 0 Å². The average molecular weight is 373 g/mol. The molecule has 0 aliphatic heterocycles. The third-order valence-electron chi connectivity index (χ3n) is 4.14. The standard InChI is InChI=1S/C22H19N3O3/c1-27-20-9-5-17(6-10-20)24-22(26)16(15-23)14-19-4-3-13-25(19)18-7-11-21(28-2)12-8-18/h3-14H,1-2H3,(H,24,26)/b16-14-. The van der Waals surface area contributed by atoms with Crippen LogP contribution in [-0.4, -0.2) is 24.7 Å². The van der Waals surface area contributed by atoms with Crippen LogP contribution in [0.25, 0.3) is 11.8 Å². The summed E-state index contributed by atoms with van der Waals surface area (Å²) in [6.45, 7) is 0. The quantitative estimate of drug-likeness (QED) is 0.523. The lowest BCUT2D eigenvalue weighted by atomic mass is 10.2. The predicted molar refractivity (Wildman–Crippen MR) is 108 cm³/mol. The Balaban J connectivity index is 1.83. The third kappa shape index (κ3) is 4.22. The Morgan fingerprint density at radius 1 is 1.00 bits per heavy atom. The first-order chi connectivity index (χ1) is 13.6. The molecule has 1 amide bonds. The summed E-state index contributed by atoms with van der Waals surface area (Å²) in [6.07, 6.45) is 3.42. The monoisotopic (exact) mass is 373 g/mol. The maximum absolute atomic E-state index is 12.5. The van der Waals surface area contributed by atoms with Crippen LogP contribution >= 0.6 is 0 Å². The molecule has 140 valence electrons. The molecule has 3 aromatic rings. The molecule has 3 rings (SSSR count). The van der Waals surface area contributed by atoms with Crippen LogP contribution in [0.5, 0.6) is 11.5 Å². The number of hydrogen-bond donors (Lipinski definition) is 1. The zero-order valence-electron chi connectivity index (χ0n) is 15.5. The van der Waals surface area contributed by atoms with E-state index in [2.05, 4.69) is 5.32 Å². The van der Waals surface area contributed by atoms with E-state index in [9.17, 15) is 10.1 Å². The van der Waals surface area contributed by atoms with Gasteiger partial charge in [-0.2, -0.15) is 5.26 Å². The number of carbonyl (C=O) groups excluding carboxylic acids is 1. The second-order valence-corrected chi connectivity index (χ2v) is 5.85. The minimum atomic E-state index is -0.477. The lowest BCUT2D eigenvalue weighted by molar-refractivity contribution is -0.112. The van der Waals surface area contributed by atoms with Crippen LogP contribution in [0, 0.1) is 11.3 Å². The van der Waals surface area contributed by atoms with Crippen molar-refractivity contribution >= 4 is 17.7 Å². The highest BCUT2D eigenvalue weighted by atomic mass is 16.5. The summed E-state index contributed by atoms with van der Waals surface area (Å²) in [4.78, 5) is 12.5. The topological polar surface area (TPSA) is 76.3 Å². The van der Waals surface area contributed by atoms with Crippen molar-refractivity contribution in [1.82, 2.24) is 4.57 Å². The van der Waals surface area contributed by atoms with E-state index >= 15 is 0 Å². The fourth-order valence-electron chi connectivity index (χ4n) is 2.66. The maximum atomic E-state index is 12.5. The number of amides is 1. The van der Waals surface area contributed by atoms with Crippen LogP contribution in [0.15, 0.2) is 72.4 Å². The van der Waals surface area contributed by atoms with Gasteiger partial charge in [0.25, 0.3) is 5.91 Å². The molecule has 0 bridgehead atoms. The summed E-state index contributed by atoms with van der Waals surface area (Å²) in [5, 5.41) is 12.2. The molecule has 1 heterocycles. The Hall–Kier alpha value is -3.98. The number of methoxy groups -OCH3 is 2. The van der Waals surface area contributed by atoms with E-state index in [-0.39, 0.29) is 5.57 Å². The Labute approximate surface area is 163 Å². The van der Waals surface area contributed by atoms with E-state index in [0.717, 1.165) is 11.4 Å². The van der Waals surface area contributed by atoms with E-state index in [1.165, 1.54) is 0 Å². The zero-order chi connectivity index (χ0) is 19.9. The molecule has 0 radical (unpaired) electrons. The molecule has 1 N–H and O–H groups in total. The van der Waals surface area contributed by atoms with Gasteiger partial charge < -0.3 is 19.4 Å². The molecule has 2 aromatic carbocycles. The summed E-state index contributed by atoms with van der Waals surface area (Å²) in [7, 11) is 3.18. The van der Waals surface area contributed by atoms with Gasteiger partial charge in [0, 0.05) is 23.3 Å². The smallest absolute Gasteiger partial charge is 0.266 e. The van der Waals surface area contributed by atoms with Crippen molar-refractivity contribution in [2.75, 3.05) is 19.5 Å². The molecule has 0 saturated heterocycles. The molecule has 6 heteroatoms. The number of nitrogens with zero attached hydrogens (tertiary/aromatic N) is 2. The van der Waals surface area contributed by atoms with Gasteiger partial charge in [-0.3, -0.25) is 4.79 Å². The van der Waals surface area contributed by atoms with Gasteiger partial charge >= 0.3 is 0 Å². The van der Waals surface area contributed by atoms with Gasteiger partial charge in [0.2, 0.25) is 0 Å². The number of nitriles is 1. The molecule has 0 unspecified atom stereocenters. The number of anilines is 1. The maximum Gasteiger partial charge on any atom is 0.266 e. The van der Waals surface area contributed by atoms with E-state index < -0.39 is 5.91 Å². The average Bonchev–Trinajstić information content (AvgIpc) is 3.20. The minimum absolute atomic E-state index is 0.00396. The van der Waals surface area contributed by atoms with E-state index in [0.29, 0.717) is 17.1 Å². The first kappa shape index (κ1) is 18.8. The second-order valence-electron chi connectivity index (χ2n) is 5.85. The number of ether oxygens (including phenoxy) is 2. The lowest BCUT2D eigenvalue weighted by Gasteiger charge is -2.09. The fraction of sp³-hybridized carbons (Fsp3) is 0.0909. The van der Waals surface area contributed by atoms with Crippen molar-refractivity contribution < 1.29 is 14.3 Å². The van der Waals surface area contributed by atoms with Crippen LogP contribution in [0.1, 0.15) is 5.69 Å². The highest BCUT2D eigenvalue weighted by molar-refractivity contribution is 6.09. The number of benzene rings is 2. The summed E-state index contributed by atoms with van der Waals surface area (Å²) in [5.74, 6) is 0.964. The molecular formula is C22H19N3O3. The normalized spacial score (nSPS) is 10.8. The first-order valence-electron chi connectivity index (χ1n) is 8.53. The highest BCUT2D eigenvalue weighted by Gasteiger charge is 2.11. The molecule has 1 aromatic heterocycles. The summed E-state index contributed by atoms with van der Waals surface area (Å²) < 4.78 is 12.2. The molecule has 0 saturated carbocycles. The van der Waals surface area contributed by atoms with Gasteiger partial charge in [0.1, 0.15) is 23.1 Å². The zero-order valence-corrected chi connectivity index (χ0v) is 15.5. The Morgan fingerprint density at radius 3 is 2.18 bits per heavy atom. The molecule has 0 fully saturated rings. The molecule has 28 heavy (non-hydrogen) atoms. The van der Waals surface area contributed by atoms with E-state index in [1.807, 2.05) is 53.2 Å². The third-order valence-corrected chi connectivity index (χ3v) is 4.14. The number of carbonyl (C=O) groups is 1. The second kappa shape index (κ2) is 8.60. The number of aromatic nitrogens is 1. The molecule has 6 nitrogen and oxygen atoms in total. The van der Waals surface area contributed by atoms with Crippen molar-refractivity contribution in [2.45, 2.75) is 0 Å². The van der Waals surface area contributed by atoms with Crippen molar-refractivity contribution in [3.05, 3.63) is 78.1 Å². The Bertz CT molecular complexity index is 1030. The lowest BCUT2D eigenvalue weighted by Crippen LogP contribution is -2.13. The number of rotatable bonds is 6. The van der Waals surface area contributed by atoms with Crippen molar-refractivity contribution in [2.24, 2.45) is 0 Å². The summed E-state index contributed by atoms with van der Waals surface area (Å²) >= 11 is 0. The molecule has 0 spiro atoms. The molecule has 0 aliphatic carbocycles. The number of nitrogens with one attached hydrogen (secondary N) is 1. The van der Waals surface area contributed by atoms with Crippen LogP contribution in [-0.2, 0) is 4.79 Å². The first-order valence-corrected chi connectivity index (χ1v) is 8.53. The molecule has 0 aliphatic rings. The Kier molecular flexibility index (Phi) is 5.78. The van der Waals surface area contributed by atoms with E-state index in [4.69, 9.17) is 9.47 Å². The van der Waals surface area contributed by atoms with Crippen LogP contribution in [0.3, 0.4) is 0 Å². The fourth-order valence-corrected chi connectivity index (χ4v) is 2.66. The minimum Gasteiger partial charge on any atom is -0.497 e. The largest absolute Gasteiger partial charge is 0.497 e.